The summed E-state index contributed by atoms with van der Waals surface area (Å²) >= 11 is 1.17. The summed E-state index contributed by atoms with van der Waals surface area (Å²) in [6.45, 7) is 0. The van der Waals surface area contributed by atoms with E-state index in [0.717, 1.165) is 18.2 Å². The van der Waals surface area contributed by atoms with Gasteiger partial charge in [-0.05, 0) is 18.2 Å². The Labute approximate surface area is 131 Å². The van der Waals surface area contributed by atoms with Crippen molar-refractivity contribution < 1.29 is 18.1 Å². The van der Waals surface area contributed by atoms with Gasteiger partial charge in [0.05, 0.1) is 10.6 Å². The molecule has 6 nitrogen and oxygen atoms in total. The van der Waals surface area contributed by atoms with Gasteiger partial charge in [-0.1, -0.05) is 0 Å². The second-order valence-corrected chi connectivity index (χ2v) is 5.33. The summed E-state index contributed by atoms with van der Waals surface area (Å²) in [4.78, 5) is 13.9. The van der Waals surface area contributed by atoms with Crippen molar-refractivity contribution in [3.05, 3.63) is 57.7 Å². The Morgan fingerprint density at radius 2 is 1.91 bits per heavy atom. The summed E-state index contributed by atoms with van der Waals surface area (Å²) in [7, 11) is 0. The van der Waals surface area contributed by atoms with Crippen LogP contribution < -0.4 is 0 Å². The highest BCUT2D eigenvalue weighted by Crippen LogP contribution is 2.34. The van der Waals surface area contributed by atoms with Gasteiger partial charge in [0.25, 0.3) is 5.69 Å². The zero-order chi connectivity index (χ0) is 16.6. The fraction of sp³-hybridized carbons (Fsp3) is 0.0769. The summed E-state index contributed by atoms with van der Waals surface area (Å²) in [6, 6.07) is 5.58. The van der Waals surface area contributed by atoms with E-state index >= 15 is 0 Å². The number of nitrogens with zero attached hydrogens (tertiary/aromatic N) is 4. The van der Waals surface area contributed by atoms with Gasteiger partial charge in [0.1, 0.15) is 16.4 Å². The highest BCUT2D eigenvalue weighted by Gasteiger charge is 2.36. The van der Waals surface area contributed by atoms with Crippen molar-refractivity contribution in [1.29, 1.82) is 0 Å². The van der Waals surface area contributed by atoms with E-state index in [1.807, 2.05) is 0 Å². The highest BCUT2D eigenvalue weighted by atomic mass is 32.1. The minimum absolute atomic E-state index is 0.0748. The second-order valence-electron chi connectivity index (χ2n) is 4.44. The molecule has 2 aromatic heterocycles. The number of nitro groups is 1. The molecular weight excluding hydrogens is 333 g/mol. The average molecular weight is 340 g/mol. The first-order chi connectivity index (χ1) is 10.9. The van der Waals surface area contributed by atoms with E-state index in [9.17, 15) is 23.3 Å². The molecule has 2 heterocycles. The third kappa shape index (κ3) is 2.93. The van der Waals surface area contributed by atoms with Crippen molar-refractivity contribution in [2.75, 3.05) is 0 Å². The van der Waals surface area contributed by atoms with Crippen LogP contribution >= 0.6 is 11.3 Å². The molecule has 1 aromatic carbocycles. The Bertz CT molecular complexity index is 841. The predicted molar refractivity (Wildman–Crippen MR) is 76.3 cm³/mol. The largest absolute Gasteiger partial charge is 0.433 e. The van der Waals surface area contributed by atoms with Crippen LogP contribution in [0.15, 0.2) is 41.9 Å². The van der Waals surface area contributed by atoms with Gasteiger partial charge in [-0.25, -0.2) is 9.67 Å². The first-order valence-electron chi connectivity index (χ1n) is 6.18. The molecule has 0 amide bonds. The predicted octanol–water partition coefficient (Wildman–Crippen LogP) is 3.92. The molecule has 0 radical (unpaired) electrons. The maximum absolute atomic E-state index is 13.2. The Balaban J connectivity index is 2.11. The first-order valence-corrected chi connectivity index (χ1v) is 7.06. The summed E-state index contributed by atoms with van der Waals surface area (Å²) in [5.74, 6) is 0. The quantitative estimate of drug-likeness (QED) is 0.535. The van der Waals surface area contributed by atoms with Gasteiger partial charge in [0.15, 0.2) is 0 Å². The Morgan fingerprint density at radius 1 is 1.22 bits per heavy atom. The topological polar surface area (TPSA) is 73.8 Å². The van der Waals surface area contributed by atoms with Gasteiger partial charge in [-0.2, -0.15) is 18.3 Å². The molecule has 0 fully saturated rings. The van der Waals surface area contributed by atoms with Crippen LogP contribution in [-0.2, 0) is 6.18 Å². The SMILES string of the molecule is O=[N+]([O-])c1ccc(-n2nc(-c3nccs3)cc2C(F)(F)F)cc1. The molecular formula is C13H7F3N4O2S. The van der Waals surface area contributed by atoms with Crippen LogP contribution in [0, 0.1) is 10.1 Å². The van der Waals surface area contributed by atoms with Crippen LogP contribution in [0.3, 0.4) is 0 Å². The molecule has 0 aliphatic carbocycles. The summed E-state index contributed by atoms with van der Waals surface area (Å²) in [5, 5.41) is 16.6. The van der Waals surface area contributed by atoms with Crippen LogP contribution in [0.5, 0.6) is 0 Å². The zero-order valence-corrected chi connectivity index (χ0v) is 12.0. The third-order valence-electron chi connectivity index (χ3n) is 2.96. The number of hydrogen-bond donors (Lipinski definition) is 0. The van der Waals surface area contributed by atoms with E-state index in [2.05, 4.69) is 10.1 Å². The Morgan fingerprint density at radius 3 is 2.43 bits per heavy atom. The molecule has 0 aliphatic rings. The molecule has 3 rings (SSSR count). The van der Waals surface area contributed by atoms with Gasteiger partial charge in [-0.3, -0.25) is 10.1 Å². The standard InChI is InChI=1S/C13H7F3N4O2S/c14-13(15,16)11-7-10(12-17-5-6-23-12)18-19(11)8-1-3-9(4-2-8)20(21)22/h1-7H. The van der Waals surface area contributed by atoms with Crippen molar-refractivity contribution in [2.45, 2.75) is 6.18 Å². The van der Waals surface area contributed by atoms with E-state index in [1.54, 1.807) is 5.38 Å². The molecule has 118 valence electrons. The molecule has 0 N–H and O–H groups in total. The number of hydrogen-bond acceptors (Lipinski definition) is 5. The number of alkyl halides is 3. The number of rotatable bonds is 3. The maximum Gasteiger partial charge on any atom is 0.433 e. The number of halogens is 3. The van der Waals surface area contributed by atoms with Gasteiger partial charge >= 0.3 is 6.18 Å². The molecule has 23 heavy (non-hydrogen) atoms. The molecule has 3 aromatic rings. The van der Waals surface area contributed by atoms with E-state index < -0.39 is 16.8 Å². The number of thiazole rings is 1. The molecule has 0 saturated carbocycles. The van der Waals surface area contributed by atoms with Gasteiger partial charge in [-0.15, -0.1) is 11.3 Å². The lowest BCUT2D eigenvalue weighted by Gasteiger charge is -2.09. The van der Waals surface area contributed by atoms with Crippen molar-refractivity contribution in [3.8, 4) is 16.4 Å². The minimum Gasteiger partial charge on any atom is -0.258 e. The Hall–Kier alpha value is -2.75. The van der Waals surface area contributed by atoms with Crippen molar-refractivity contribution in [1.82, 2.24) is 14.8 Å². The summed E-state index contributed by atoms with van der Waals surface area (Å²) in [6.07, 6.45) is -3.15. The van der Waals surface area contributed by atoms with Crippen molar-refractivity contribution in [3.63, 3.8) is 0 Å². The molecule has 0 unspecified atom stereocenters. The lowest BCUT2D eigenvalue weighted by atomic mass is 10.2. The van der Waals surface area contributed by atoms with Crippen LogP contribution in [0.2, 0.25) is 0 Å². The van der Waals surface area contributed by atoms with Gasteiger partial charge in [0.2, 0.25) is 0 Å². The summed E-state index contributed by atoms with van der Waals surface area (Å²) in [5.41, 5.74) is -1.03. The second kappa shape index (κ2) is 5.47. The zero-order valence-electron chi connectivity index (χ0n) is 11.2. The monoisotopic (exact) mass is 340 g/mol. The van der Waals surface area contributed by atoms with Crippen LogP contribution in [0.25, 0.3) is 16.4 Å². The number of aromatic nitrogens is 3. The van der Waals surface area contributed by atoms with Crippen molar-refractivity contribution >= 4 is 17.0 Å². The third-order valence-corrected chi connectivity index (χ3v) is 3.75. The van der Waals surface area contributed by atoms with E-state index in [-0.39, 0.29) is 17.1 Å². The number of nitro benzene ring substituents is 1. The Kier molecular flexibility index (Phi) is 3.60. The van der Waals surface area contributed by atoms with Crippen molar-refractivity contribution in [2.24, 2.45) is 0 Å². The van der Waals surface area contributed by atoms with Gasteiger partial charge < -0.3 is 0 Å². The number of non-ortho nitro benzene ring substituents is 1. The molecule has 10 heteroatoms. The lowest BCUT2D eigenvalue weighted by molar-refractivity contribution is -0.384. The normalized spacial score (nSPS) is 11.6. The van der Waals surface area contributed by atoms with Gasteiger partial charge in [0, 0.05) is 23.7 Å². The fourth-order valence-electron chi connectivity index (χ4n) is 1.95. The van der Waals surface area contributed by atoms with Crippen LogP contribution in [-0.4, -0.2) is 19.7 Å². The smallest absolute Gasteiger partial charge is 0.258 e. The molecule has 0 aliphatic heterocycles. The maximum atomic E-state index is 13.2. The van der Waals surface area contributed by atoms with E-state index in [0.29, 0.717) is 9.69 Å². The van der Waals surface area contributed by atoms with E-state index in [4.69, 9.17) is 0 Å². The highest BCUT2D eigenvalue weighted by molar-refractivity contribution is 7.13. The molecule has 0 spiro atoms. The van der Waals surface area contributed by atoms with Crippen LogP contribution in [0.4, 0.5) is 18.9 Å². The average Bonchev–Trinajstić information content (AvgIpc) is 3.16. The fourth-order valence-corrected chi connectivity index (χ4v) is 2.54. The number of benzene rings is 1. The molecule has 0 saturated heterocycles. The minimum atomic E-state index is -4.62. The molecule has 0 atom stereocenters. The molecule has 0 bridgehead atoms. The van der Waals surface area contributed by atoms with Crippen LogP contribution in [0.1, 0.15) is 5.69 Å². The summed E-state index contributed by atoms with van der Waals surface area (Å²) < 4.78 is 40.3. The lowest BCUT2D eigenvalue weighted by Crippen LogP contribution is -2.13. The first kappa shape index (κ1) is 15.2. The van der Waals surface area contributed by atoms with E-state index in [1.165, 1.54) is 29.7 Å².